The van der Waals surface area contributed by atoms with E-state index in [9.17, 15) is 0 Å². The number of aryl methyl sites for hydroxylation is 1. The van der Waals surface area contributed by atoms with Crippen LogP contribution in [0.4, 0.5) is 0 Å². The third-order valence-corrected chi connectivity index (χ3v) is 4.28. The molecule has 1 aromatic heterocycles. The van der Waals surface area contributed by atoms with E-state index in [-0.39, 0.29) is 0 Å². The van der Waals surface area contributed by atoms with Gasteiger partial charge in [0.1, 0.15) is 0 Å². The van der Waals surface area contributed by atoms with Gasteiger partial charge in [-0.05, 0) is 32.6 Å². The van der Waals surface area contributed by atoms with Gasteiger partial charge >= 0.3 is 0 Å². The Morgan fingerprint density at radius 3 is 2.93 bits per heavy atom. The maximum absolute atomic E-state index is 5.65. The third-order valence-electron chi connectivity index (χ3n) is 3.27. The number of hydrogen-bond acceptors (Lipinski definition) is 3. The van der Waals surface area contributed by atoms with Gasteiger partial charge in [-0.25, -0.2) is 4.98 Å². The van der Waals surface area contributed by atoms with Crippen LogP contribution in [0.25, 0.3) is 0 Å². The molecule has 1 aliphatic carbocycles. The molecule has 0 aromatic carbocycles. The zero-order chi connectivity index (χ0) is 10.3. The van der Waals surface area contributed by atoms with Gasteiger partial charge in [-0.2, -0.15) is 0 Å². The minimum absolute atomic E-state index is 0.447. The number of ether oxygens (including phenoxy) is 1. The number of rotatable bonds is 3. The molecule has 0 bridgehead atoms. The Labute approximate surface area is 94.7 Å². The van der Waals surface area contributed by atoms with Crippen LogP contribution in [0.3, 0.4) is 0 Å². The highest BCUT2D eigenvalue weighted by molar-refractivity contribution is 7.11. The van der Waals surface area contributed by atoms with Crippen molar-refractivity contribution in [3.05, 3.63) is 15.6 Å². The normalized spacial score (nSPS) is 26.1. The average molecular weight is 223 g/mol. The molecule has 0 spiro atoms. The minimum Gasteiger partial charge on any atom is -0.378 e. The number of thiazole rings is 1. The van der Waals surface area contributed by atoms with Gasteiger partial charge in [-0.1, -0.05) is 0 Å². The summed E-state index contributed by atoms with van der Waals surface area (Å²) in [7, 11) is 0. The van der Waals surface area contributed by atoms with Crippen LogP contribution in [0, 0.1) is 6.92 Å². The molecule has 3 rings (SSSR count). The van der Waals surface area contributed by atoms with Gasteiger partial charge in [-0.3, -0.25) is 0 Å². The van der Waals surface area contributed by atoms with E-state index >= 15 is 0 Å². The lowest BCUT2D eigenvalue weighted by atomic mass is 10.2. The molecular weight excluding hydrogens is 206 g/mol. The largest absolute Gasteiger partial charge is 0.378 e. The molecule has 0 radical (unpaired) electrons. The lowest BCUT2D eigenvalue weighted by Gasteiger charge is -2.05. The topological polar surface area (TPSA) is 22.1 Å². The molecule has 1 atom stereocenters. The molecule has 2 fully saturated rings. The van der Waals surface area contributed by atoms with E-state index in [4.69, 9.17) is 9.72 Å². The molecule has 2 heterocycles. The van der Waals surface area contributed by atoms with Crippen molar-refractivity contribution in [3.8, 4) is 0 Å². The summed E-state index contributed by atoms with van der Waals surface area (Å²) in [6, 6.07) is 0. The van der Waals surface area contributed by atoms with Gasteiger partial charge < -0.3 is 4.74 Å². The Morgan fingerprint density at radius 1 is 1.40 bits per heavy atom. The van der Waals surface area contributed by atoms with Crippen molar-refractivity contribution in [2.75, 3.05) is 6.61 Å². The fraction of sp³-hybridized carbons (Fsp3) is 0.750. The zero-order valence-corrected chi connectivity index (χ0v) is 9.98. The van der Waals surface area contributed by atoms with Crippen LogP contribution >= 0.6 is 11.3 Å². The Balaban J connectivity index is 1.71. The molecule has 3 heteroatoms. The van der Waals surface area contributed by atoms with E-state index in [0.717, 1.165) is 18.9 Å². The second-order valence-electron chi connectivity index (χ2n) is 4.66. The van der Waals surface area contributed by atoms with Gasteiger partial charge in [-0.15, -0.1) is 11.3 Å². The molecule has 0 N–H and O–H groups in total. The standard InChI is InChI=1S/C12H17NOS/c1-8-12(9-4-5-9)13-11(15-8)7-10-3-2-6-14-10/h9-10H,2-7H2,1H3. The van der Waals surface area contributed by atoms with Crippen molar-refractivity contribution in [2.24, 2.45) is 0 Å². The Hall–Kier alpha value is -0.410. The molecule has 1 unspecified atom stereocenters. The average Bonchev–Trinajstić information content (AvgIpc) is 2.81. The summed E-state index contributed by atoms with van der Waals surface area (Å²) in [4.78, 5) is 6.21. The van der Waals surface area contributed by atoms with Gasteiger partial charge in [0.2, 0.25) is 0 Å². The fourth-order valence-electron chi connectivity index (χ4n) is 2.29. The molecule has 2 nitrogen and oxygen atoms in total. The van der Waals surface area contributed by atoms with Crippen molar-refractivity contribution in [2.45, 2.75) is 51.0 Å². The SMILES string of the molecule is Cc1sc(CC2CCCO2)nc1C1CC1. The summed E-state index contributed by atoms with van der Waals surface area (Å²) >= 11 is 1.88. The Bertz CT molecular complexity index is 351. The maximum Gasteiger partial charge on any atom is 0.0956 e. The molecule has 82 valence electrons. The van der Waals surface area contributed by atoms with E-state index in [1.807, 2.05) is 11.3 Å². The van der Waals surface area contributed by atoms with Crippen LogP contribution in [-0.4, -0.2) is 17.7 Å². The highest BCUT2D eigenvalue weighted by Gasteiger charge is 2.29. The predicted octanol–water partition coefficient (Wildman–Crippen LogP) is 3.05. The minimum atomic E-state index is 0.447. The van der Waals surface area contributed by atoms with E-state index in [1.165, 1.54) is 41.3 Å². The maximum atomic E-state index is 5.65. The highest BCUT2D eigenvalue weighted by Crippen LogP contribution is 2.42. The predicted molar refractivity (Wildman–Crippen MR) is 61.5 cm³/mol. The van der Waals surface area contributed by atoms with Crippen molar-refractivity contribution in [1.29, 1.82) is 0 Å². The first-order chi connectivity index (χ1) is 7.33. The van der Waals surface area contributed by atoms with Gasteiger partial charge in [0.05, 0.1) is 16.8 Å². The molecule has 1 aliphatic heterocycles. The lowest BCUT2D eigenvalue weighted by Crippen LogP contribution is -2.08. The summed E-state index contributed by atoms with van der Waals surface area (Å²) in [6.45, 7) is 3.16. The molecule has 1 aromatic rings. The monoisotopic (exact) mass is 223 g/mol. The molecule has 15 heavy (non-hydrogen) atoms. The second kappa shape index (κ2) is 3.87. The Kier molecular flexibility index (Phi) is 2.53. The van der Waals surface area contributed by atoms with Crippen molar-refractivity contribution in [1.82, 2.24) is 4.98 Å². The second-order valence-corrected chi connectivity index (χ2v) is 5.95. The lowest BCUT2D eigenvalue weighted by molar-refractivity contribution is 0.111. The first kappa shape index (κ1) is 9.79. The highest BCUT2D eigenvalue weighted by atomic mass is 32.1. The first-order valence-electron chi connectivity index (χ1n) is 5.91. The van der Waals surface area contributed by atoms with Crippen LogP contribution in [0.5, 0.6) is 0 Å². The fourth-order valence-corrected chi connectivity index (χ4v) is 3.37. The van der Waals surface area contributed by atoms with Crippen molar-refractivity contribution < 1.29 is 4.74 Å². The van der Waals surface area contributed by atoms with Crippen LogP contribution in [0.15, 0.2) is 0 Å². The summed E-state index contributed by atoms with van der Waals surface area (Å²) < 4.78 is 5.65. The molecular formula is C12H17NOS. The van der Waals surface area contributed by atoms with E-state index in [0.29, 0.717) is 6.10 Å². The molecule has 2 aliphatic rings. The number of hydrogen-bond donors (Lipinski definition) is 0. The molecule has 0 amide bonds. The number of nitrogens with zero attached hydrogens (tertiary/aromatic N) is 1. The summed E-state index contributed by atoms with van der Waals surface area (Å²) in [5.74, 6) is 0.791. The van der Waals surface area contributed by atoms with Crippen LogP contribution in [-0.2, 0) is 11.2 Å². The Morgan fingerprint density at radius 2 is 2.27 bits per heavy atom. The van der Waals surface area contributed by atoms with Gasteiger partial charge in [0.25, 0.3) is 0 Å². The van der Waals surface area contributed by atoms with Crippen LogP contribution < -0.4 is 0 Å². The zero-order valence-electron chi connectivity index (χ0n) is 9.16. The van der Waals surface area contributed by atoms with E-state index in [2.05, 4.69) is 6.92 Å². The van der Waals surface area contributed by atoms with Gasteiger partial charge in [0, 0.05) is 23.8 Å². The first-order valence-corrected chi connectivity index (χ1v) is 6.72. The molecule has 1 saturated heterocycles. The summed E-state index contributed by atoms with van der Waals surface area (Å²) in [5.41, 5.74) is 1.38. The molecule has 1 saturated carbocycles. The summed E-state index contributed by atoms with van der Waals surface area (Å²) in [6.07, 6.45) is 6.64. The third kappa shape index (κ3) is 2.08. The van der Waals surface area contributed by atoms with Crippen LogP contribution in [0.1, 0.15) is 47.2 Å². The smallest absolute Gasteiger partial charge is 0.0956 e. The van der Waals surface area contributed by atoms with Gasteiger partial charge in [0.15, 0.2) is 0 Å². The van der Waals surface area contributed by atoms with Crippen LogP contribution in [0.2, 0.25) is 0 Å². The quantitative estimate of drug-likeness (QED) is 0.785. The van der Waals surface area contributed by atoms with E-state index < -0.39 is 0 Å². The summed E-state index contributed by atoms with van der Waals surface area (Å²) in [5, 5.41) is 1.29. The van der Waals surface area contributed by atoms with E-state index in [1.54, 1.807) is 0 Å². The number of aromatic nitrogens is 1. The van der Waals surface area contributed by atoms with Crippen molar-refractivity contribution in [3.63, 3.8) is 0 Å². The van der Waals surface area contributed by atoms with Crippen molar-refractivity contribution >= 4 is 11.3 Å².